The molecule has 5 heteroatoms. The molecule has 0 amide bonds. The lowest BCUT2D eigenvalue weighted by atomic mass is 10.1. The van der Waals surface area contributed by atoms with Crippen molar-refractivity contribution in [2.75, 3.05) is 11.9 Å². The van der Waals surface area contributed by atoms with Gasteiger partial charge in [-0.25, -0.2) is 0 Å². The molecule has 0 aliphatic heterocycles. The quantitative estimate of drug-likeness (QED) is 0.796. The van der Waals surface area contributed by atoms with E-state index in [1.54, 1.807) is 0 Å². The molecule has 0 fully saturated rings. The smallest absolute Gasteiger partial charge is 0.171 e. The second-order valence-electron chi connectivity index (χ2n) is 5.16. The van der Waals surface area contributed by atoms with Crippen LogP contribution in [-0.4, -0.2) is 17.8 Å². The molecular weight excluding hydrogens is 306 g/mol. The number of benzene rings is 2. The summed E-state index contributed by atoms with van der Waals surface area (Å²) in [5.74, 6) is 0.841. The van der Waals surface area contributed by atoms with Gasteiger partial charge in [-0.05, 0) is 49.0 Å². The number of ether oxygens (including phenoxy) is 1. The van der Waals surface area contributed by atoms with Gasteiger partial charge < -0.3 is 15.4 Å². The number of thiocarbonyl (C=S) groups is 1. The number of hydrogen-bond donors (Lipinski definition) is 2. The molecule has 0 aliphatic carbocycles. The molecule has 118 valence electrons. The third-order valence-electron chi connectivity index (χ3n) is 3.12. The van der Waals surface area contributed by atoms with Gasteiger partial charge in [-0.1, -0.05) is 30.3 Å². The van der Waals surface area contributed by atoms with E-state index in [1.807, 2.05) is 61.5 Å². The summed E-state index contributed by atoms with van der Waals surface area (Å²) in [4.78, 5) is 0. The summed E-state index contributed by atoms with van der Waals surface area (Å²) in [7, 11) is 0. The Bertz CT molecular complexity index is 665. The van der Waals surface area contributed by atoms with Gasteiger partial charge in [0.2, 0.25) is 0 Å². The topological polar surface area (TPSA) is 57.1 Å². The van der Waals surface area contributed by atoms with Crippen molar-refractivity contribution in [2.45, 2.75) is 19.4 Å². The van der Waals surface area contributed by atoms with Crippen molar-refractivity contribution in [3.8, 4) is 11.8 Å². The molecule has 2 aromatic carbocycles. The van der Waals surface area contributed by atoms with Crippen molar-refractivity contribution >= 4 is 23.0 Å². The van der Waals surface area contributed by atoms with Crippen LogP contribution in [0.2, 0.25) is 0 Å². The van der Waals surface area contributed by atoms with Crippen LogP contribution < -0.4 is 15.4 Å². The predicted molar refractivity (Wildman–Crippen MR) is 96.5 cm³/mol. The minimum atomic E-state index is 0.0769. The van der Waals surface area contributed by atoms with E-state index in [0.29, 0.717) is 18.1 Å². The van der Waals surface area contributed by atoms with E-state index in [1.165, 1.54) is 0 Å². The Kier molecular flexibility index (Phi) is 6.40. The van der Waals surface area contributed by atoms with Crippen LogP contribution in [0.15, 0.2) is 54.6 Å². The standard InChI is InChI=1S/C18H19N3OS/c1-14(13-22-17-5-3-2-4-6-17)20-18(23)21-16-9-7-15(8-10-16)11-12-19/h2-10,14H,11,13H2,1H3,(H2,20,21,23)/t14-/m1/s1. The molecule has 0 spiro atoms. The minimum Gasteiger partial charge on any atom is -0.491 e. The maximum Gasteiger partial charge on any atom is 0.171 e. The van der Waals surface area contributed by atoms with Gasteiger partial charge in [0, 0.05) is 5.69 Å². The Morgan fingerprint density at radius 3 is 2.52 bits per heavy atom. The molecule has 0 saturated carbocycles. The van der Waals surface area contributed by atoms with E-state index in [0.717, 1.165) is 17.0 Å². The third kappa shape index (κ3) is 5.97. The van der Waals surface area contributed by atoms with Gasteiger partial charge in [0.1, 0.15) is 12.4 Å². The zero-order valence-electron chi connectivity index (χ0n) is 13.0. The first-order valence-corrected chi connectivity index (χ1v) is 7.79. The average Bonchev–Trinajstić information content (AvgIpc) is 2.56. The zero-order chi connectivity index (χ0) is 16.5. The number of rotatable bonds is 6. The van der Waals surface area contributed by atoms with E-state index in [4.69, 9.17) is 22.2 Å². The van der Waals surface area contributed by atoms with E-state index in [2.05, 4.69) is 16.7 Å². The van der Waals surface area contributed by atoms with Crippen molar-refractivity contribution in [1.82, 2.24) is 5.32 Å². The maximum absolute atomic E-state index is 8.66. The lowest BCUT2D eigenvalue weighted by Crippen LogP contribution is -2.39. The Morgan fingerprint density at radius 1 is 1.17 bits per heavy atom. The molecule has 2 aromatic rings. The lowest BCUT2D eigenvalue weighted by molar-refractivity contribution is 0.287. The number of para-hydroxylation sites is 1. The van der Waals surface area contributed by atoms with Crippen LogP contribution in [0.3, 0.4) is 0 Å². The van der Waals surface area contributed by atoms with Gasteiger partial charge in [0.05, 0.1) is 18.5 Å². The summed E-state index contributed by atoms with van der Waals surface area (Å²) >= 11 is 5.30. The third-order valence-corrected chi connectivity index (χ3v) is 3.34. The lowest BCUT2D eigenvalue weighted by Gasteiger charge is -2.17. The minimum absolute atomic E-state index is 0.0769. The van der Waals surface area contributed by atoms with E-state index < -0.39 is 0 Å². The highest BCUT2D eigenvalue weighted by atomic mass is 32.1. The van der Waals surface area contributed by atoms with E-state index in [-0.39, 0.29) is 6.04 Å². The number of anilines is 1. The first kappa shape index (κ1) is 16.8. The van der Waals surface area contributed by atoms with Crippen molar-refractivity contribution in [1.29, 1.82) is 5.26 Å². The van der Waals surface area contributed by atoms with Crippen molar-refractivity contribution in [2.24, 2.45) is 0 Å². The molecule has 4 nitrogen and oxygen atoms in total. The summed E-state index contributed by atoms with van der Waals surface area (Å²) in [6.07, 6.45) is 0.414. The van der Waals surface area contributed by atoms with E-state index >= 15 is 0 Å². The predicted octanol–water partition coefficient (Wildman–Crippen LogP) is 3.51. The molecule has 2 N–H and O–H groups in total. The van der Waals surface area contributed by atoms with Gasteiger partial charge in [-0.3, -0.25) is 0 Å². The molecule has 0 heterocycles. The largest absolute Gasteiger partial charge is 0.491 e. The molecule has 23 heavy (non-hydrogen) atoms. The zero-order valence-corrected chi connectivity index (χ0v) is 13.8. The fourth-order valence-electron chi connectivity index (χ4n) is 1.97. The fraction of sp³-hybridized carbons (Fsp3) is 0.222. The normalized spacial score (nSPS) is 11.1. The molecule has 0 unspecified atom stereocenters. The van der Waals surface area contributed by atoms with Gasteiger partial charge in [-0.15, -0.1) is 0 Å². The summed E-state index contributed by atoms with van der Waals surface area (Å²) in [6.45, 7) is 2.53. The maximum atomic E-state index is 8.66. The molecular formula is C18H19N3OS. The van der Waals surface area contributed by atoms with Gasteiger partial charge >= 0.3 is 0 Å². The Labute approximate surface area is 142 Å². The second-order valence-corrected chi connectivity index (χ2v) is 5.56. The first-order chi connectivity index (χ1) is 11.2. The number of nitriles is 1. The Morgan fingerprint density at radius 2 is 1.87 bits per heavy atom. The second kappa shape index (κ2) is 8.76. The summed E-state index contributed by atoms with van der Waals surface area (Å²) < 4.78 is 5.68. The van der Waals surface area contributed by atoms with Crippen LogP contribution in [-0.2, 0) is 6.42 Å². The van der Waals surface area contributed by atoms with Gasteiger partial charge in [0.25, 0.3) is 0 Å². The van der Waals surface area contributed by atoms with Crippen molar-refractivity contribution < 1.29 is 4.74 Å². The monoisotopic (exact) mass is 325 g/mol. The molecule has 1 atom stereocenters. The van der Waals surface area contributed by atoms with Crippen LogP contribution in [0.1, 0.15) is 12.5 Å². The van der Waals surface area contributed by atoms with Crippen molar-refractivity contribution in [3.05, 3.63) is 60.2 Å². The molecule has 2 rings (SSSR count). The summed E-state index contributed by atoms with van der Waals surface area (Å²) in [5.41, 5.74) is 1.88. The molecule has 0 bridgehead atoms. The van der Waals surface area contributed by atoms with Crippen LogP contribution in [0.25, 0.3) is 0 Å². The molecule has 0 aliphatic rings. The summed E-state index contributed by atoms with van der Waals surface area (Å²) in [5, 5.41) is 15.5. The summed E-state index contributed by atoms with van der Waals surface area (Å²) in [6, 6.07) is 19.5. The molecule has 0 aromatic heterocycles. The molecule has 0 saturated heterocycles. The average molecular weight is 325 g/mol. The van der Waals surface area contributed by atoms with E-state index in [9.17, 15) is 0 Å². The first-order valence-electron chi connectivity index (χ1n) is 7.38. The highest BCUT2D eigenvalue weighted by Crippen LogP contribution is 2.10. The fourth-order valence-corrected chi connectivity index (χ4v) is 2.29. The Hall–Kier alpha value is -2.58. The highest BCUT2D eigenvalue weighted by Gasteiger charge is 2.05. The van der Waals surface area contributed by atoms with Crippen LogP contribution >= 0.6 is 12.2 Å². The van der Waals surface area contributed by atoms with Crippen LogP contribution in [0.4, 0.5) is 5.69 Å². The number of nitrogens with zero attached hydrogens (tertiary/aromatic N) is 1. The number of nitrogens with one attached hydrogen (secondary N) is 2. The van der Waals surface area contributed by atoms with Gasteiger partial charge in [-0.2, -0.15) is 5.26 Å². The van der Waals surface area contributed by atoms with Crippen LogP contribution in [0.5, 0.6) is 5.75 Å². The SMILES string of the molecule is C[C@H](COc1ccccc1)NC(=S)Nc1ccc(CC#N)cc1. The highest BCUT2D eigenvalue weighted by molar-refractivity contribution is 7.80. The number of hydrogen-bond acceptors (Lipinski definition) is 3. The van der Waals surface area contributed by atoms with Crippen LogP contribution in [0, 0.1) is 11.3 Å². The van der Waals surface area contributed by atoms with Crippen molar-refractivity contribution in [3.63, 3.8) is 0 Å². The molecule has 0 radical (unpaired) electrons. The van der Waals surface area contributed by atoms with Gasteiger partial charge in [0.15, 0.2) is 5.11 Å². The Balaban J connectivity index is 1.76.